The number of fused-ring (bicyclic) bond motifs is 1. The van der Waals surface area contributed by atoms with E-state index in [1.165, 1.54) is 19.3 Å². The number of halogens is 1. The zero-order valence-electron chi connectivity index (χ0n) is 12.8. The summed E-state index contributed by atoms with van der Waals surface area (Å²) in [6.07, 6.45) is 3.73. The summed E-state index contributed by atoms with van der Waals surface area (Å²) in [6.45, 7) is 3.52. The Bertz CT molecular complexity index is 766. The van der Waals surface area contributed by atoms with Crippen molar-refractivity contribution in [2.24, 2.45) is 0 Å². The van der Waals surface area contributed by atoms with Crippen molar-refractivity contribution in [3.05, 3.63) is 44.7 Å². The van der Waals surface area contributed by atoms with Crippen molar-refractivity contribution in [2.75, 3.05) is 26.2 Å². The molecule has 6 heteroatoms. The summed E-state index contributed by atoms with van der Waals surface area (Å²) in [7, 11) is 0. The molecule has 0 saturated carbocycles. The third kappa shape index (κ3) is 4.00. The number of nitrogens with zero attached hydrogens (tertiary/aromatic N) is 1. The van der Waals surface area contributed by atoms with E-state index < -0.39 is 5.63 Å². The lowest BCUT2D eigenvalue weighted by molar-refractivity contribution is 0.0943. The van der Waals surface area contributed by atoms with Gasteiger partial charge in [0.15, 0.2) is 0 Å². The van der Waals surface area contributed by atoms with Crippen LogP contribution in [0.4, 0.5) is 0 Å². The highest BCUT2D eigenvalue weighted by molar-refractivity contribution is 9.10. The molecular formula is C17H19BrN2O3. The summed E-state index contributed by atoms with van der Waals surface area (Å²) in [5.41, 5.74) is -0.0763. The lowest BCUT2D eigenvalue weighted by Gasteiger charge is -2.26. The first-order chi connectivity index (χ1) is 11.1. The van der Waals surface area contributed by atoms with Crippen LogP contribution in [0.25, 0.3) is 11.0 Å². The Hall–Kier alpha value is -1.66. The van der Waals surface area contributed by atoms with Crippen molar-refractivity contribution in [1.29, 1.82) is 0 Å². The fraction of sp³-hybridized carbons (Fsp3) is 0.412. The smallest absolute Gasteiger partial charge is 0.349 e. The van der Waals surface area contributed by atoms with E-state index >= 15 is 0 Å². The molecule has 23 heavy (non-hydrogen) atoms. The standard InChI is InChI=1S/C17H19BrN2O3/c18-13-4-5-15-12(10-13)11-14(17(22)23-15)16(21)19-6-9-20-7-2-1-3-8-20/h4-5,10-11H,1-3,6-9H2,(H,19,21). The quantitative estimate of drug-likeness (QED) is 0.830. The van der Waals surface area contributed by atoms with Gasteiger partial charge in [0, 0.05) is 22.9 Å². The predicted molar refractivity (Wildman–Crippen MR) is 92.8 cm³/mol. The molecule has 1 aliphatic rings. The highest BCUT2D eigenvalue weighted by Gasteiger charge is 2.15. The van der Waals surface area contributed by atoms with Crippen LogP contribution in [0.3, 0.4) is 0 Å². The zero-order chi connectivity index (χ0) is 16.2. The van der Waals surface area contributed by atoms with Gasteiger partial charge in [0.25, 0.3) is 5.91 Å². The summed E-state index contributed by atoms with van der Waals surface area (Å²) in [5.74, 6) is -0.377. The van der Waals surface area contributed by atoms with Crippen LogP contribution < -0.4 is 10.9 Å². The van der Waals surface area contributed by atoms with Crippen LogP contribution in [0.5, 0.6) is 0 Å². The van der Waals surface area contributed by atoms with Crippen LogP contribution in [-0.2, 0) is 0 Å². The van der Waals surface area contributed by atoms with E-state index in [0.29, 0.717) is 12.1 Å². The van der Waals surface area contributed by atoms with Gasteiger partial charge in [0.2, 0.25) is 0 Å². The van der Waals surface area contributed by atoms with Gasteiger partial charge in [-0.3, -0.25) is 4.79 Å². The lowest BCUT2D eigenvalue weighted by Crippen LogP contribution is -2.38. The highest BCUT2D eigenvalue weighted by atomic mass is 79.9. The summed E-state index contributed by atoms with van der Waals surface area (Å²) < 4.78 is 6.09. The van der Waals surface area contributed by atoms with Gasteiger partial charge in [-0.25, -0.2) is 4.79 Å². The minimum Gasteiger partial charge on any atom is -0.422 e. The van der Waals surface area contributed by atoms with E-state index in [-0.39, 0.29) is 11.5 Å². The number of nitrogens with one attached hydrogen (secondary N) is 1. The van der Waals surface area contributed by atoms with Crippen LogP contribution in [-0.4, -0.2) is 37.0 Å². The van der Waals surface area contributed by atoms with Crippen molar-refractivity contribution in [3.63, 3.8) is 0 Å². The number of hydrogen-bond acceptors (Lipinski definition) is 4. The molecule has 1 aromatic carbocycles. The second-order valence-electron chi connectivity index (χ2n) is 5.79. The van der Waals surface area contributed by atoms with Crippen LogP contribution in [0, 0.1) is 0 Å². The Balaban J connectivity index is 1.67. The SMILES string of the molecule is O=C(NCCN1CCCCC1)c1cc2cc(Br)ccc2oc1=O. The lowest BCUT2D eigenvalue weighted by atomic mass is 10.1. The fourth-order valence-electron chi connectivity index (χ4n) is 2.86. The van der Waals surface area contributed by atoms with Gasteiger partial charge in [-0.05, 0) is 50.2 Å². The molecule has 122 valence electrons. The molecule has 1 aromatic heterocycles. The van der Waals surface area contributed by atoms with Crippen LogP contribution in [0.15, 0.2) is 37.9 Å². The Morgan fingerprint density at radius 1 is 1.22 bits per heavy atom. The van der Waals surface area contributed by atoms with E-state index in [1.807, 2.05) is 6.07 Å². The van der Waals surface area contributed by atoms with Gasteiger partial charge in [-0.15, -0.1) is 0 Å². The van der Waals surface area contributed by atoms with Crippen molar-refractivity contribution >= 4 is 32.8 Å². The van der Waals surface area contributed by atoms with Crippen LogP contribution in [0.1, 0.15) is 29.6 Å². The minimum absolute atomic E-state index is 0.0502. The Morgan fingerprint density at radius 2 is 2.00 bits per heavy atom. The summed E-state index contributed by atoms with van der Waals surface area (Å²) >= 11 is 3.37. The van der Waals surface area contributed by atoms with E-state index in [1.54, 1.807) is 18.2 Å². The first-order valence-electron chi connectivity index (χ1n) is 7.87. The van der Waals surface area contributed by atoms with Crippen molar-refractivity contribution in [1.82, 2.24) is 10.2 Å². The van der Waals surface area contributed by atoms with Crippen molar-refractivity contribution in [3.8, 4) is 0 Å². The normalized spacial score (nSPS) is 15.7. The zero-order valence-corrected chi connectivity index (χ0v) is 14.4. The molecule has 0 spiro atoms. The summed E-state index contributed by atoms with van der Waals surface area (Å²) in [5, 5.41) is 3.54. The second-order valence-corrected chi connectivity index (χ2v) is 6.70. The number of likely N-dealkylation sites (tertiary alicyclic amines) is 1. The highest BCUT2D eigenvalue weighted by Crippen LogP contribution is 2.19. The molecule has 1 N–H and O–H groups in total. The number of benzene rings is 1. The third-order valence-electron chi connectivity index (χ3n) is 4.10. The molecule has 2 aromatic rings. The van der Waals surface area contributed by atoms with Gasteiger partial charge < -0.3 is 14.6 Å². The first kappa shape index (κ1) is 16.2. The number of amides is 1. The number of carbonyl (C=O) groups is 1. The maximum atomic E-state index is 12.2. The average Bonchev–Trinajstić information content (AvgIpc) is 2.55. The summed E-state index contributed by atoms with van der Waals surface area (Å²) in [4.78, 5) is 26.5. The average molecular weight is 379 g/mol. The molecular weight excluding hydrogens is 360 g/mol. The van der Waals surface area contributed by atoms with E-state index in [2.05, 4.69) is 26.1 Å². The maximum Gasteiger partial charge on any atom is 0.349 e. The first-order valence-corrected chi connectivity index (χ1v) is 8.67. The largest absolute Gasteiger partial charge is 0.422 e. The molecule has 0 radical (unpaired) electrons. The van der Waals surface area contributed by atoms with E-state index in [9.17, 15) is 9.59 Å². The topological polar surface area (TPSA) is 62.6 Å². The maximum absolute atomic E-state index is 12.2. The monoisotopic (exact) mass is 378 g/mol. The molecule has 2 heterocycles. The third-order valence-corrected chi connectivity index (χ3v) is 4.59. The molecule has 1 amide bonds. The molecule has 3 rings (SSSR count). The molecule has 1 fully saturated rings. The van der Waals surface area contributed by atoms with E-state index in [4.69, 9.17) is 4.42 Å². The molecule has 1 saturated heterocycles. The van der Waals surface area contributed by atoms with Crippen molar-refractivity contribution in [2.45, 2.75) is 19.3 Å². The summed E-state index contributed by atoms with van der Waals surface area (Å²) in [6, 6.07) is 6.91. The molecule has 0 unspecified atom stereocenters. The molecule has 0 bridgehead atoms. The number of hydrogen-bond donors (Lipinski definition) is 1. The van der Waals surface area contributed by atoms with Gasteiger partial charge >= 0.3 is 5.63 Å². The predicted octanol–water partition coefficient (Wildman–Crippen LogP) is 2.77. The Morgan fingerprint density at radius 3 is 2.78 bits per heavy atom. The van der Waals surface area contributed by atoms with E-state index in [0.717, 1.165) is 29.5 Å². The van der Waals surface area contributed by atoms with Gasteiger partial charge in [-0.1, -0.05) is 22.4 Å². The fourth-order valence-corrected chi connectivity index (χ4v) is 3.24. The Labute approximate surface area is 142 Å². The number of piperidine rings is 1. The van der Waals surface area contributed by atoms with Gasteiger partial charge in [0.1, 0.15) is 11.1 Å². The van der Waals surface area contributed by atoms with Crippen LogP contribution in [0.2, 0.25) is 0 Å². The number of carbonyl (C=O) groups excluding carboxylic acids is 1. The van der Waals surface area contributed by atoms with Crippen LogP contribution >= 0.6 is 15.9 Å². The molecule has 0 atom stereocenters. The van der Waals surface area contributed by atoms with Crippen molar-refractivity contribution < 1.29 is 9.21 Å². The second kappa shape index (κ2) is 7.27. The molecule has 0 aliphatic carbocycles. The Kier molecular flexibility index (Phi) is 5.13. The number of rotatable bonds is 4. The molecule has 5 nitrogen and oxygen atoms in total. The minimum atomic E-state index is -0.602. The molecule has 1 aliphatic heterocycles. The van der Waals surface area contributed by atoms with Gasteiger partial charge in [0.05, 0.1) is 0 Å². The van der Waals surface area contributed by atoms with Gasteiger partial charge in [-0.2, -0.15) is 0 Å².